The number of hydrogen-bond donors (Lipinski definition) is 1. The first-order valence-corrected chi connectivity index (χ1v) is 5.08. The van der Waals surface area contributed by atoms with Crippen LogP contribution in [0.5, 0.6) is 5.88 Å². The Balaban J connectivity index is 2.08. The van der Waals surface area contributed by atoms with Crippen molar-refractivity contribution in [3.63, 3.8) is 0 Å². The number of anilines is 1. The van der Waals surface area contributed by atoms with Gasteiger partial charge in [0.15, 0.2) is 0 Å². The van der Waals surface area contributed by atoms with E-state index in [-0.39, 0.29) is 5.95 Å². The van der Waals surface area contributed by atoms with Gasteiger partial charge in [-0.25, -0.2) is 4.98 Å². The van der Waals surface area contributed by atoms with Crippen molar-refractivity contribution in [3.8, 4) is 5.88 Å². The van der Waals surface area contributed by atoms with Gasteiger partial charge in [-0.3, -0.25) is 0 Å². The molecule has 0 fully saturated rings. The molecular formula is C11H10ClN3O. The predicted molar refractivity (Wildman–Crippen MR) is 62.2 cm³/mol. The number of hydrogen-bond acceptors (Lipinski definition) is 4. The summed E-state index contributed by atoms with van der Waals surface area (Å²) in [6.45, 7) is 0.400. The van der Waals surface area contributed by atoms with Gasteiger partial charge in [-0.05, 0) is 5.56 Å². The minimum absolute atomic E-state index is 0.146. The van der Waals surface area contributed by atoms with Crippen LogP contribution >= 0.6 is 11.6 Å². The number of nitrogens with two attached hydrogens (primary N) is 1. The summed E-state index contributed by atoms with van der Waals surface area (Å²) in [6.07, 6.45) is 1.42. The Morgan fingerprint density at radius 1 is 1.25 bits per heavy atom. The van der Waals surface area contributed by atoms with Crippen LogP contribution in [0.1, 0.15) is 5.56 Å². The van der Waals surface area contributed by atoms with Crippen LogP contribution in [0.2, 0.25) is 5.02 Å². The Kier molecular flexibility index (Phi) is 3.22. The van der Waals surface area contributed by atoms with Crippen molar-refractivity contribution in [2.45, 2.75) is 6.61 Å². The third-order valence-electron chi connectivity index (χ3n) is 1.95. The molecule has 0 radical (unpaired) electrons. The zero-order valence-electron chi connectivity index (χ0n) is 8.43. The summed E-state index contributed by atoms with van der Waals surface area (Å²) >= 11 is 5.86. The first kappa shape index (κ1) is 10.7. The number of ether oxygens (including phenoxy) is 1. The van der Waals surface area contributed by atoms with Gasteiger partial charge in [-0.2, -0.15) is 4.98 Å². The number of benzene rings is 1. The summed E-state index contributed by atoms with van der Waals surface area (Å²) in [6, 6.07) is 9.74. The van der Waals surface area contributed by atoms with Crippen molar-refractivity contribution in [2.24, 2.45) is 0 Å². The SMILES string of the molecule is Nc1ncc(Cl)c(OCc2ccccc2)n1. The van der Waals surface area contributed by atoms with Crippen molar-refractivity contribution in [1.82, 2.24) is 9.97 Å². The van der Waals surface area contributed by atoms with Gasteiger partial charge in [0.05, 0.1) is 6.20 Å². The number of aromatic nitrogens is 2. The highest BCUT2D eigenvalue weighted by molar-refractivity contribution is 6.31. The summed E-state index contributed by atoms with van der Waals surface area (Å²) in [5, 5.41) is 0.352. The maximum absolute atomic E-state index is 5.86. The van der Waals surface area contributed by atoms with Crippen LogP contribution in [0.25, 0.3) is 0 Å². The normalized spacial score (nSPS) is 10.1. The van der Waals surface area contributed by atoms with Gasteiger partial charge in [-0.15, -0.1) is 0 Å². The van der Waals surface area contributed by atoms with Crippen molar-refractivity contribution >= 4 is 17.5 Å². The van der Waals surface area contributed by atoms with E-state index in [4.69, 9.17) is 22.1 Å². The van der Waals surface area contributed by atoms with Gasteiger partial charge in [0.25, 0.3) is 0 Å². The van der Waals surface area contributed by atoms with Crippen LogP contribution in [0.3, 0.4) is 0 Å². The summed E-state index contributed by atoms with van der Waals surface area (Å²) in [4.78, 5) is 7.65. The fourth-order valence-electron chi connectivity index (χ4n) is 1.19. The monoisotopic (exact) mass is 235 g/mol. The number of nitrogens with zero attached hydrogens (tertiary/aromatic N) is 2. The average molecular weight is 236 g/mol. The lowest BCUT2D eigenvalue weighted by atomic mass is 10.2. The molecule has 5 heteroatoms. The zero-order valence-corrected chi connectivity index (χ0v) is 9.19. The Labute approximate surface area is 98.0 Å². The van der Waals surface area contributed by atoms with E-state index in [2.05, 4.69) is 9.97 Å². The highest BCUT2D eigenvalue weighted by Crippen LogP contribution is 2.21. The fraction of sp³-hybridized carbons (Fsp3) is 0.0909. The Hall–Kier alpha value is -1.81. The molecule has 2 aromatic rings. The minimum Gasteiger partial charge on any atom is -0.472 e. The molecular weight excluding hydrogens is 226 g/mol. The van der Waals surface area contributed by atoms with E-state index in [1.807, 2.05) is 30.3 Å². The van der Waals surface area contributed by atoms with Crippen molar-refractivity contribution in [1.29, 1.82) is 0 Å². The highest BCUT2D eigenvalue weighted by atomic mass is 35.5. The van der Waals surface area contributed by atoms with E-state index in [9.17, 15) is 0 Å². The van der Waals surface area contributed by atoms with Gasteiger partial charge in [-0.1, -0.05) is 41.9 Å². The Morgan fingerprint density at radius 2 is 2.00 bits per heavy atom. The van der Waals surface area contributed by atoms with Crippen molar-refractivity contribution < 1.29 is 4.74 Å². The van der Waals surface area contributed by atoms with E-state index in [1.165, 1.54) is 6.20 Å². The van der Waals surface area contributed by atoms with E-state index in [1.54, 1.807) is 0 Å². The molecule has 0 saturated carbocycles. The summed E-state index contributed by atoms with van der Waals surface area (Å²) in [7, 11) is 0. The van der Waals surface area contributed by atoms with Gasteiger partial charge >= 0.3 is 0 Å². The maximum Gasteiger partial charge on any atom is 0.237 e. The second-order valence-electron chi connectivity index (χ2n) is 3.16. The first-order valence-electron chi connectivity index (χ1n) is 4.70. The molecule has 1 aromatic heterocycles. The van der Waals surface area contributed by atoms with Crippen LogP contribution in [0, 0.1) is 0 Å². The lowest BCUT2D eigenvalue weighted by Crippen LogP contribution is -2.01. The van der Waals surface area contributed by atoms with Gasteiger partial charge in [0, 0.05) is 0 Å². The lowest BCUT2D eigenvalue weighted by Gasteiger charge is -2.06. The van der Waals surface area contributed by atoms with Crippen LogP contribution < -0.4 is 10.5 Å². The summed E-state index contributed by atoms with van der Waals surface area (Å²) in [5.74, 6) is 0.450. The fourth-order valence-corrected chi connectivity index (χ4v) is 1.34. The highest BCUT2D eigenvalue weighted by Gasteiger charge is 2.04. The van der Waals surface area contributed by atoms with E-state index in [0.717, 1.165) is 5.56 Å². The quantitative estimate of drug-likeness (QED) is 0.887. The standard InChI is InChI=1S/C11H10ClN3O/c12-9-6-14-11(13)15-10(9)16-7-8-4-2-1-3-5-8/h1-6H,7H2,(H2,13,14,15). The molecule has 0 saturated heterocycles. The molecule has 0 aliphatic heterocycles. The lowest BCUT2D eigenvalue weighted by molar-refractivity contribution is 0.294. The molecule has 16 heavy (non-hydrogen) atoms. The topological polar surface area (TPSA) is 61.0 Å². The molecule has 0 bridgehead atoms. The third kappa shape index (κ3) is 2.61. The van der Waals surface area contributed by atoms with Crippen LogP contribution in [0.4, 0.5) is 5.95 Å². The van der Waals surface area contributed by atoms with E-state index >= 15 is 0 Å². The number of rotatable bonds is 3. The molecule has 2 N–H and O–H groups in total. The van der Waals surface area contributed by atoms with Crippen LogP contribution in [-0.2, 0) is 6.61 Å². The van der Waals surface area contributed by atoms with Gasteiger partial charge < -0.3 is 10.5 Å². The minimum atomic E-state index is 0.146. The van der Waals surface area contributed by atoms with Crippen molar-refractivity contribution in [3.05, 3.63) is 47.1 Å². The smallest absolute Gasteiger partial charge is 0.237 e. The van der Waals surface area contributed by atoms with Crippen LogP contribution in [-0.4, -0.2) is 9.97 Å². The molecule has 0 spiro atoms. The summed E-state index contributed by atoms with van der Waals surface area (Å²) < 4.78 is 5.44. The second kappa shape index (κ2) is 4.81. The molecule has 1 aromatic carbocycles. The average Bonchev–Trinajstić information content (AvgIpc) is 2.32. The zero-order chi connectivity index (χ0) is 11.4. The predicted octanol–water partition coefficient (Wildman–Crippen LogP) is 2.29. The molecule has 0 aliphatic rings. The maximum atomic E-state index is 5.86. The molecule has 82 valence electrons. The summed E-state index contributed by atoms with van der Waals surface area (Å²) in [5.41, 5.74) is 6.47. The molecule has 4 nitrogen and oxygen atoms in total. The van der Waals surface area contributed by atoms with Crippen molar-refractivity contribution in [2.75, 3.05) is 5.73 Å². The molecule has 0 atom stereocenters. The molecule has 2 rings (SSSR count). The molecule has 0 aliphatic carbocycles. The van der Waals surface area contributed by atoms with Gasteiger partial charge in [0.1, 0.15) is 11.6 Å². The Bertz CT molecular complexity index is 476. The van der Waals surface area contributed by atoms with E-state index < -0.39 is 0 Å². The van der Waals surface area contributed by atoms with Crippen LogP contribution in [0.15, 0.2) is 36.5 Å². The molecule has 0 unspecified atom stereocenters. The number of halogens is 1. The third-order valence-corrected chi connectivity index (χ3v) is 2.21. The molecule has 1 heterocycles. The Morgan fingerprint density at radius 3 is 2.75 bits per heavy atom. The van der Waals surface area contributed by atoms with E-state index in [0.29, 0.717) is 17.5 Å². The van der Waals surface area contributed by atoms with Gasteiger partial charge in [0.2, 0.25) is 11.8 Å². The first-order chi connectivity index (χ1) is 7.75. The largest absolute Gasteiger partial charge is 0.472 e. The number of nitrogen functional groups attached to an aromatic ring is 1. The second-order valence-corrected chi connectivity index (χ2v) is 3.56. The molecule has 0 amide bonds.